The molecule has 2 aromatic rings. The van der Waals surface area contributed by atoms with Crippen molar-refractivity contribution < 1.29 is 47.9 Å². The van der Waals surface area contributed by atoms with E-state index in [2.05, 4.69) is 142 Å². The van der Waals surface area contributed by atoms with Crippen LogP contribution < -0.4 is 0 Å². The van der Waals surface area contributed by atoms with E-state index in [1.807, 2.05) is 0 Å². The van der Waals surface area contributed by atoms with Crippen LogP contribution in [0.25, 0.3) is 0 Å². The van der Waals surface area contributed by atoms with Crippen LogP contribution in [0.1, 0.15) is 81.8 Å². The molecule has 315 valence electrons. The number of hydrogen-bond acceptors (Lipinski definition) is 11. The minimum absolute atomic E-state index is 0. The molecule has 0 fully saturated rings. The van der Waals surface area contributed by atoms with Crippen LogP contribution in [0.4, 0.5) is 0 Å². The number of aliphatic hydroxyl groups is 2. The first-order valence-corrected chi connectivity index (χ1v) is 19.7. The molecule has 9 nitrogen and oxygen atoms in total. The summed E-state index contributed by atoms with van der Waals surface area (Å²) in [6.07, 6.45) is 0. The molecule has 0 unspecified atom stereocenters. The van der Waals surface area contributed by atoms with E-state index >= 15 is 0 Å². The molecule has 2 aromatic carbocycles. The fourth-order valence-electron chi connectivity index (χ4n) is 6.06. The van der Waals surface area contributed by atoms with Gasteiger partial charge in [-0.1, -0.05) is 88.1 Å². The summed E-state index contributed by atoms with van der Waals surface area (Å²) in [6.45, 7) is 25.8. The fraction of sp³-hybridized carbons (Fsp3) is 0.707. The molecule has 0 saturated heterocycles. The zero-order valence-electron chi connectivity index (χ0n) is 35.5. The van der Waals surface area contributed by atoms with Gasteiger partial charge in [0.15, 0.2) is 0 Å². The Bertz CT molecular complexity index is 1200. The smallest absolute Gasteiger partial charge is 0.779 e. The first-order chi connectivity index (χ1) is 24.1. The summed E-state index contributed by atoms with van der Waals surface area (Å²) in [5, 5.41) is 15.8. The third-order valence-electron chi connectivity index (χ3n) is 9.75. The molecule has 4 bridgehead atoms. The molecular weight excluding hydrogens is 806 g/mol. The van der Waals surface area contributed by atoms with Crippen molar-refractivity contribution in [3.05, 3.63) is 57.6 Å². The van der Waals surface area contributed by atoms with Crippen molar-refractivity contribution in [2.24, 2.45) is 0 Å². The van der Waals surface area contributed by atoms with Gasteiger partial charge in [-0.2, -0.15) is 9.79 Å². The van der Waals surface area contributed by atoms with Gasteiger partial charge < -0.3 is 69.6 Å². The Kier molecular flexibility index (Phi) is 24.9. The molecule has 1 aliphatic heterocycles. The topological polar surface area (TPSA) is 69.1 Å². The molecule has 0 saturated carbocycles. The summed E-state index contributed by atoms with van der Waals surface area (Å²) < 4.78 is 4.15. The van der Waals surface area contributed by atoms with Crippen molar-refractivity contribution in [2.75, 3.05) is 101 Å². The summed E-state index contributed by atoms with van der Waals surface area (Å²) in [4.78, 5) is 16.7. The van der Waals surface area contributed by atoms with Gasteiger partial charge >= 0.3 is 16.5 Å². The number of nitrogens with zero attached hydrogens (tertiary/aromatic N) is 6. The van der Waals surface area contributed by atoms with E-state index in [0.717, 1.165) is 88.3 Å². The maximum Gasteiger partial charge on any atom is 3.00 e. The summed E-state index contributed by atoms with van der Waals surface area (Å²) in [5.41, 5.74) is 8.01. The van der Waals surface area contributed by atoms with E-state index < -0.39 is 6.48 Å². The number of rotatable bonds is 2. The van der Waals surface area contributed by atoms with Gasteiger partial charge in [-0.05, 0) is 71.2 Å². The average Bonchev–Trinajstić information content (AvgIpc) is 3.03. The summed E-state index contributed by atoms with van der Waals surface area (Å²) in [7, 11) is 13.4. The quantitative estimate of drug-likeness (QED) is 0.252. The van der Waals surface area contributed by atoms with Crippen molar-refractivity contribution >= 4 is 25.3 Å². The minimum atomic E-state index is -1.60. The van der Waals surface area contributed by atoms with E-state index in [9.17, 15) is 0 Å². The molecule has 0 atom stereocenters. The van der Waals surface area contributed by atoms with Crippen molar-refractivity contribution in [3.8, 4) is 0 Å². The van der Waals surface area contributed by atoms with Crippen LogP contribution >= 0.6 is 0 Å². The zero-order chi connectivity index (χ0) is 39.4. The second kappa shape index (κ2) is 25.1. The van der Waals surface area contributed by atoms with Gasteiger partial charge in [0.25, 0.3) is 6.48 Å². The van der Waals surface area contributed by atoms with Crippen LogP contribution in [0, 0.1) is 0 Å². The molecule has 0 spiro atoms. The third kappa shape index (κ3) is 19.3. The summed E-state index contributed by atoms with van der Waals surface area (Å²) in [5.74, 6) is 0. The molecule has 1 radical (unpaired) electrons. The van der Waals surface area contributed by atoms with E-state index in [-0.39, 0.29) is 43.8 Å². The summed E-state index contributed by atoms with van der Waals surface area (Å²) >= 11 is 12.3. The Morgan fingerprint density at radius 3 is 0.926 bits per heavy atom. The first kappa shape index (κ1) is 53.5. The monoisotopic (exact) mass is 876 g/mol. The molecule has 3 rings (SSSR count). The van der Waals surface area contributed by atoms with Crippen molar-refractivity contribution in [3.63, 3.8) is 0 Å². The van der Waals surface area contributed by atoms with Gasteiger partial charge in [-0.3, -0.25) is 0 Å². The SMILES string of the molecule is CCOC(O)O.CN1CCN(C)Cc2cc(C(C)(C)C)cc(c2[S-])CN(C)CCN(C)CCN(C)Cc2cc(C(C)(C)C)cc(c2[S-])CN(C)CC1.[Ni+3].[Ni]. The van der Waals surface area contributed by atoms with E-state index in [1.54, 1.807) is 6.92 Å². The Morgan fingerprint density at radius 2 is 0.759 bits per heavy atom. The molecule has 0 amide bonds. The van der Waals surface area contributed by atoms with Crippen LogP contribution in [0.5, 0.6) is 0 Å². The normalized spacial score (nSPS) is 18.2. The predicted molar refractivity (Wildman–Crippen MR) is 222 cm³/mol. The van der Waals surface area contributed by atoms with Crippen LogP contribution in [0.15, 0.2) is 34.1 Å². The van der Waals surface area contributed by atoms with Crippen molar-refractivity contribution in [2.45, 2.75) is 102 Å². The standard InChI is InChI=1S/C38H66N6S2.C3H8O3.2Ni/c1-37(2,3)33-21-29-25-41(9)17-13-39(7)15-19-43(11)27-31-23-34(38(4,5)6)24-32(36(31)46)28-44(12)20-16-40(8)14-18-42(10)26-30(22-33)35(29)45;1-2-6-3(4)5;;/h21-24,45-46H,13-20,25-28H2,1-12H3;3-5H,2H2,1H3;;/q;;;+3/p-2. The zero-order valence-corrected chi connectivity index (χ0v) is 39.1. The largest absolute Gasteiger partial charge is 3.00 e. The van der Waals surface area contributed by atoms with Gasteiger partial charge in [0, 0.05) is 102 Å². The Balaban J connectivity index is 0.00000324. The number of hydrogen-bond donors (Lipinski definition) is 2. The molecule has 0 aromatic heterocycles. The van der Waals surface area contributed by atoms with Crippen LogP contribution in [-0.4, -0.2) is 147 Å². The first-order valence-electron chi connectivity index (χ1n) is 18.9. The number of benzene rings is 2. The maximum absolute atomic E-state index is 7.89. The Hall–Kier alpha value is -0.493. The molecular formula is C41H72N6Ni2O3S2+. The molecule has 1 aliphatic rings. The Labute approximate surface area is 361 Å². The predicted octanol–water partition coefficient (Wildman–Crippen LogP) is 4.68. The van der Waals surface area contributed by atoms with Gasteiger partial charge in [-0.15, -0.1) is 0 Å². The molecule has 54 heavy (non-hydrogen) atoms. The molecule has 13 heteroatoms. The van der Waals surface area contributed by atoms with Crippen molar-refractivity contribution in [1.29, 1.82) is 0 Å². The van der Waals surface area contributed by atoms with Crippen molar-refractivity contribution in [1.82, 2.24) is 29.4 Å². The third-order valence-corrected chi connectivity index (χ3v) is 10.8. The number of ether oxygens (including phenoxy) is 1. The van der Waals surface area contributed by atoms with E-state index in [1.165, 1.54) is 33.4 Å². The van der Waals surface area contributed by atoms with E-state index in [4.69, 9.17) is 35.5 Å². The average molecular weight is 879 g/mol. The van der Waals surface area contributed by atoms with Gasteiger partial charge in [0.05, 0.1) is 0 Å². The van der Waals surface area contributed by atoms with Crippen LogP contribution in [0.3, 0.4) is 0 Å². The molecule has 1 heterocycles. The van der Waals surface area contributed by atoms with Gasteiger partial charge in [0.2, 0.25) is 0 Å². The molecule has 2 N–H and O–H groups in total. The van der Waals surface area contributed by atoms with Crippen LogP contribution in [0.2, 0.25) is 0 Å². The van der Waals surface area contributed by atoms with E-state index in [0.29, 0.717) is 6.61 Å². The summed E-state index contributed by atoms with van der Waals surface area (Å²) in [6, 6.07) is 9.46. The second-order valence-electron chi connectivity index (χ2n) is 17.1. The Morgan fingerprint density at radius 1 is 0.537 bits per heavy atom. The maximum atomic E-state index is 7.89. The fourth-order valence-corrected chi connectivity index (χ4v) is 6.56. The van der Waals surface area contributed by atoms with Gasteiger partial charge in [0.1, 0.15) is 0 Å². The van der Waals surface area contributed by atoms with Gasteiger partial charge in [-0.25, -0.2) is 0 Å². The van der Waals surface area contributed by atoms with Crippen LogP contribution in [-0.2, 0) is 100.0 Å². The number of likely N-dealkylation sites (N-methyl/N-ethyl adjacent to an activating group) is 6. The molecule has 0 aliphatic carbocycles. The second-order valence-corrected chi connectivity index (χ2v) is 17.9. The number of fused-ring (bicyclic) bond motifs is 4. The number of aliphatic hydroxyl groups excluding tert-OH is 1. The minimum Gasteiger partial charge on any atom is -0.779 e.